The second-order valence-corrected chi connectivity index (χ2v) is 7.72. The molecular formula is C22H14N2O3S. The molecule has 2 aromatic carbocycles. The van der Waals surface area contributed by atoms with E-state index in [0.29, 0.717) is 21.7 Å². The average Bonchev–Trinajstić information content (AvgIpc) is 3.31. The summed E-state index contributed by atoms with van der Waals surface area (Å²) >= 11 is 1.41. The van der Waals surface area contributed by atoms with E-state index in [4.69, 9.17) is 4.42 Å². The Morgan fingerprint density at radius 3 is 2.18 bits per heavy atom. The molecule has 0 bridgehead atoms. The van der Waals surface area contributed by atoms with Gasteiger partial charge >= 0.3 is 0 Å². The Bertz CT molecular complexity index is 1240. The van der Waals surface area contributed by atoms with Gasteiger partial charge in [-0.2, -0.15) is 9.97 Å². The number of allylic oxidation sites excluding steroid dienone is 1. The Balaban J connectivity index is 1.53. The van der Waals surface area contributed by atoms with Crippen LogP contribution in [0.2, 0.25) is 0 Å². The molecule has 4 aromatic rings. The van der Waals surface area contributed by atoms with Crippen molar-refractivity contribution < 1.29 is 14.0 Å². The van der Waals surface area contributed by atoms with Crippen LogP contribution in [-0.4, -0.2) is 21.5 Å². The summed E-state index contributed by atoms with van der Waals surface area (Å²) in [5, 5.41) is 0.812. The summed E-state index contributed by atoms with van der Waals surface area (Å²) in [6, 6.07) is 13.3. The Kier molecular flexibility index (Phi) is 3.64. The Morgan fingerprint density at radius 2 is 1.57 bits per heavy atom. The van der Waals surface area contributed by atoms with Gasteiger partial charge in [0.05, 0.1) is 5.57 Å². The predicted octanol–water partition coefficient (Wildman–Crippen LogP) is 5.03. The van der Waals surface area contributed by atoms with Crippen LogP contribution in [0.1, 0.15) is 37.7 Å². The normalized spacial score (nSPS) is 13.4. The van der Waals surface area contributed by atoms with Crippen LogP contribution in [0.5, 0.6) is 0 Å². The molecule has 1 aliphatic rings. The highest BCUT2D eigenvalue weighted by atomic mass is 32.1. The Hall–Kier alpha value is -3.38. The van der Waals surface area contributed by atoms with Gasteiger partial charge in [0.2, 0.25) is 5.89 Å². The highest BCUT2D eigenvalue weighted by Gasteiger charge is 2.34. The molecule has 0 aliphatic heterocycles. The average molecular weight is 386 g/mol. The first-order chi connectivity index (χ1) is 13.5. The van der Waals surface area contributed by atoms with Crippen molar-refractivity contribution in [3.63, 3.8) is 0 Å². The van der Waals surface area contributed by atoms with Crippen LogP contribution in [0.25, 0.3) is 27.2 Å². The maximum Gasteiger partial charge on any atom is 0.259 e. The van der Waals surface area contributed by atoms with Crippen LogP contribution in [0.3, 0.4) is 0 Å². The molecule has 0 radical (unpaired) electrons. The SMILES string of the molecule is Cc1cc2c(cc1C)C(=O)C(=Cc1nc3sc(-c4ccccc4)nc3o1)C2=O. The standard InChI is InChI=1S/C22H14N2O3S/c1-11-8-14-15(9-12(11)2)19(26)16(18(14)25)10-17-23-22-20(27-17)24-21(28-22)13-6-4-3-5-7-13/h3-10H,1-2H3. The number of rotatable bonds is 2. The predicted molar refractivity (Wildman–Crippen MR) is 108 cm³/mol. The van der Waals surface area contributed by atoms with Gasteiger partial charge in [-0.15, -0.1) is 0 Å². The second kappa shape index (κ2) is 6.07. The molecule has 0 saturated heterocycles. The molecule has 136 valence electrons. The number of aryl methyl sites for hydroxylation is 2. The lowest BCUT2D eigenvalue weighted by Crippen LogP contribution is -2.00. The van der Waals surface area contributed by atoms with Crippen LogP contribution < -0.4 is 0 Å². The van der Waals surface area contributed by atoms with Gasteiger partial charge in [-0.05, 0) is 37.1 Å². The van der Waals surface area contributed by atoms with Crippen LogP contribution >= 0.6 is 11.3 Å². The van der Waals surface area contributed by atoms with Crippen LogP contribution in [0.15, 0.2) is 52.5 Å². The van der Waals surface area contributed by atoms with Crippen molar-refractivity contribution >= 4 is 39.5 Å². The third-order valence-corrected chi connectivity index (χ3v) is 5.87. The summed E-state index contributed by atoms with van der Waals surface area (Å²) in [5.74, 6) is -0.364. The lowest BCUT2D eigenvalue weighted by atomic mass is 10.0. The zero-order valence-corrected chi connectivity index (χ0v) is 16.0. The van der Waals surface area contributed by atoms with E-state index in [9.17, 15) is 9.59 Å². The molecule has 2 aromatic heterocycles. The van der Waals surface area contributed by atoms with Gasteiger partial charge in [-0.25, -0.2) is 0 Å². The fraction of sp³-hybridized carbons (Fsp3) is 0.0909. The number of nitrogens with zero attached hydrogens (tertiary/aromatic N) is 2. The zero-order chi connectivity index (χ0) is 19.4. The van der Waals surface area contributed by atoms with Crippen molar-refractivity contribution in [2.45, 2.75) is 13.8 Å². The lowest BCUT2D eigenvalue weighted by molar-refractivity contribution is 0.0990. The summed E-state index contributed by atoms with van der Waals surface area (Å²) in [4.78, 5) is 34.9. The first-order valence-corrected chi connectivity index (χ1v) is 9.58. The van der Waals surface area contributed by atoms with E-state index in [1.54, 1.807) is 12.1 Å². The van der Waals surface area contributed by atoms with Gasteiger partial charge in [0.25, 0.3) is 5.71 Å². The number of benzene rings is 2. The number of fused-ring (bicyclic) bond motifs is 2. The number of hydrogen-bond acceptors (Lipinski definition) is 6. The third-order valence-electron chi connectivity index (χ3n) is 4.89. The number of aromatic nitrogens is 2. The molecule has 0 spiro atoms. The van der Waals surface area contributed by atoms with E-state index in [0.717, 1.165) is 21.7 Å². The number of carbonyl (C=O) groups excluding carboxylic acids is 2. The van der Waals surface area contributed by atoms with Gasteiger partial charge in [0, 0.05) is 22.8 Å². The summed E-state index contributed by atoms with van der Waals surface area (Å²) in [6.07, 6.45) is 1.42. The van der Waals surface area contributed by atoms with Gasteiger partial charge < -0.3 is 4.42 Å². The molecule has 6 heteroatoms. The van der Waals surface area contributed by atoms with E-state index in [2.05, 4.69) is 9.97 Å². The van der Waals surface area contributed by atoms with Crippen molar-refractivity contribution in [3.8, 4) is 10.6 Å². The van der Waals surface area contributed by atoms with Crippen molar-refractivity contribution in [1.82, 2.24) is 9.97 Å². The van der Waals surface area contributed by atoms with Crippen molar-refractivity contribution in [2.24, 2.45) is 0 Å². The van der Waals surface area contributed by atoms with Gasteiger partial charge in [-0.3, -0.25) is 9.59 Å². The summed E-state index contributed by atoms with van der Waals surface area (Å²) in [6.45, 7) is 3.85. The molecule has 2 heterocycles. The number of carbonyl (C=O) groups is 2. The van der Waals surface area contributed by atoms with Crippen LogP contribution in [-0.2, 0) is 0 Å². The molecule has 5 nitrogen and oxygen atoms in total. The van der Waals surface area contributed by atoms with Gasteiger partial charge in [0.15, 0.2) is 16.4 Å². The minimum absolute atomic E-state index is 0.0807. The Morgan fingerprint density at radius 1 is 0.929 bits per heavy atom. The molecule has 0 N–H and O–H groups in total. The smallest absolute Gasteiger partial charge is 0.259 e. The fourth-order valence-corrected chi connectivity index (χ4v) is 4.14. The molecule has 0 amide bonds. The number of Topliss-reactive ketones (excluding diaryl/α,β-unsaturated/α-hetero) is 2. The second-order valence-electron chi connectivity index (χ2n) is 6.75. The molecule has 0 unspecified atom stereocenters. The molecule has 5 rings (SSSR count). The minimum atomic E-state index is -0.289. The van der Waals surface area contributed by atoms with E-state index < -0.39 is 0 Å². The number of oxazole rings is 1. The van der Waals surface area contributed by atoms with Crippen molar-refractivity contribution in [1.29, 1.82) is 0 Å². The van der Waals surface area contributed by atoms with Crippen LogP contribution in [0, 0.1) is 13.8 Å². The first kappa shape index (κ1) is 16.8. The molecule has 28 heavy (non-hydrogen) atoms. The first-order valence-electron chi connectivity index (χ1n) is 8.76. The molecule has 0 atom stereocenters. The molecule has 1 aliphatic carbocycles. The number of hydrogen-bond donors (Lipinski definition) is 0. The maximum atomic E-state index is 12.7. The summed E-state index contributed by atoms with van der Waals surface area (Å²) < 4.78 is 5.68. The number of thiazole rings is 1. The fourth-order valence-electron chi connectivity index (χ4n) is 3.26. The quantitative estimate of drug-likeness (QED) is 0.357. The maximum absolute atomic E-state index is 12.7. The van der Waals surface area contributed by atoms with Gasteiger partial charge in [0.1, 0.15) is 5.01 Å². The summed E-state index contributed by atoms with van der Waals surface area (Å²) in [7, 11) is 0. The molecule has 0 saturated carbocycles. The van der Waals surface area contributed by atoms with E-state index in [-0.39, 0.29) is 23.0 Å². The van der Waals surface area contributed by atoms with Crippen molar-refractivity contribution in [2.75, 3.05) is 0 Å². The highest BCUT2D eigenvalue weighted by molar-refractivity contribution is 7.21. The monoisotopic (exact) mass is 386 g/mol. The van der Waals surface area contributed by atoms with E-state index in [1.165, 1.54) is 17.4 Å². The molecule has 0 fully saturated rings. The highest BCUT2D eigenvalue weighted by Crippen LogP contribution is 2.33. The zero-order valence-electron chi connectivity index (χ0n) is 15.1. The van der Waals surface area contributed by atoms with Crippen LogP contribution in [0.4, 0.5) is 0 Å². The number of ketones is 2. The van der Waals surface area contributed by atoms with E-state index >= 15 is 0 Å². The largest absolute Gasteiger partial charge is 0.417 e. The molecular weight excluding hydrogens is 372 g/mol. The van der Waals surface area contributed by atoms with Gasteiger partial charge in [-0.1, -0.05) is 41.7 Å². The minimum Gasteiger partial charge on any atom is -0.417 e. The topological polar surface area (TPSA) is 73.1 Å². The third kappa shape index (κ3) is 2.53. The van der Waals surface area contributed by atoms with Crippen molar-refractivity contribution in [3.05, 3.63) is 76.2 Å². The summed E-state index contributed by atoms with van der Waals surface area (Å²) in [5.41, 5.74) is 4.32. The Labute approximate surface area is 164 Å². The lowest BCUT2D eigenvalue weighted by Gasteiger charge is -2.01. The van der Waals surface area contributed by atoms with E-state index in [1.807, 2.05) is 44.2 Å².